The zero-order valence-corrected chi connectivity index (χ0v) is 15.8. The van der Waals surface area contributed by atoms with Crippen LogP contribution in [0.2, 0.25) is 0 Å². The molecule has 28 heavy (non-hydrogen) atoms. The lowest BCUT2D eigenvalue weighted by atomic mass is 10.2. The van der Waals surface area contributed by atoms with Crippen molar-refractivity contribution in [3.05, 3.63) is 60.9 Å². The van der Waals surface area contributed by atoms with E-state index in [1.54, 1.807) is 27.5 Å². The number of nitrogens with one attached hydrogen (secondary N) is 1. The Balaban J connectivity index is 1.73. The molecule has 0 saturated carbocycles. The average molecular weight is 376 g/mol. The molecule has 0 aliphatic carbocycles. The zero-order valence-electron chi connectivity index (χ0n) is 15.8. The molecule has 7 heteroatoms. The van der Waals surface area contributed by atoms with Crippen LogP contribution in [0.15, 0.2) is 60.9 Å². The van der Waals surface area contributed by atoms with Crippen LogP contribution in [-0.2, 0) is 0 Å². The number of hydrogen-bond donors (Lipinski definition) is 1. The SMILES string of the molecule is COc1cc(Nc2ncc3ccn(-c4ccccc4)c3n2)cc(OC)c1OC. The Morgan fingerprint density at radius 3 is 2.25 bits per heavy atom. The summed E-state index contributed by atoms with van der Waals surface area (Å²) in [7, 11) is 4.73. The van der Waals surface area contributed by atoms with Gasteiger partial charge in [0, 0.05) is 41.3 Å². The molecule has 0 fully saturated rings. The number of hydrogen-bond acceptors (Lipinski definition) is 6. The lowest BCUT2D eigenvalue weighted by molar-refractivity contribution is 0.324. The Morgan fingerprint density at radius 2 is 1.61 bits per heavy atom. The molecule has 7 nitrogen and oxygen atoms in total. The molecule has 0 atom stereocenters. The van der Waals surface area contributed by atoms with Crippen molar-refractivity contribution < 1.29 is 14.2 Å². The summed E-state index contributed by atoms with van der Waals surface area (Å²) in [5.41, 5.74) is 2.58. The number of nitrogens with zero attached hydrogens (tertiary/aromatic N) is 3. The molecule has 1 N–H and O–H groups in total. The summed E-state index contributed by atoms with van der Waals surface area (Å²) in [4.78, 5) is 9.10. The van der Waals surface area contributed by atoms with Gasteiger partial charge in [-0.1, -0.05) is 18.2 Å². The van der Waals surface area contributed by atoms with Crippen molar-refractivity contribution in [1.82, 2.24) is 14.5 Å². The summed E-state index contributed by atoms with van der Waals surface area (Å²) < 4.78 is 18.2. The predicted molar refractivity (Wildman–Crippen MR) is 108 cm³/mol. The minimum absolute atomic E-state index is 0.470. The molecule has 0 amide bonds. The van der Waals surface area contributed by atoms with Crippen LogP contribution in [0, 0.1) is 0 Å². The molecule has 4 aromatic rings. The zero-order chi connectivity index (χ0) is 19.5. The number of rotatable bonds is 6. The highest BCUT2D eigenvalue weighted by Crippen LogP contribution is 2.40. The number of fused-ring (bicyclic) bond motifs is 1. The van der Waals surface area contributed by atoms with Crippen LogP contribution < -0.4 is 19.5 Å². The van der Waals surface area contributed by atoms with Gasteiger partial charge in [-0.05, 0) is 18.2 Å². The van der Waals surface area contributed by atoms with Gasteiger partial charge in [0.2, 0.25) is 11.7 Å². The maximum absolute atomic E-state index is 5.40. The van der Waals surface area contributed by atoms with Crippen molar-refractivity contribution in [1.29, 1.82) is 0 Å². The van der Waals surface area contributed by atoms with E-state index in [4.69, 9.17) is 14.2 Å². The van der Waals surface area contributed by atoms with E-state index in [2.05, 4.69) is 15.3 Å². The molecule has 2 heterocycles. The molecule has 0 spiro atoms. The van der Waals surface area contributed by atoms with Crippen LogP contribution in [0.3, 0.4) is 0 Å². The van der Waals surface area contributed by atoms with E-state index in [1.165, 1.54) is 0 Å². The highest BCUT2D eigenvalue weighted by atomic mass is 16.5. The Hall–Kier alpha value is -3.74. The van der Waals surface area contributed by atoms with Gasteiger partial charge in [0.25, 0.3) is 0 Å². The van der Waals surface area contributed by atoms with Gasteiger partial charge in [-0.25, -0.2) is 4.98 Å². The minimum Gasteiger partial charge on any atom is -0.493 e. The summed E-state index contributed by atoms with van der Waals surface area (Å²) in [6.07, 6.45) is 3.78. The third-order valence-electron chi connectivity index (χ3n) is 4.38. The lowest BCUT2D eigenvalue weighted by Crippen LogP contribution is -2.01. The molecule has 0 radical (unpaired) electrons. The van der Waals surface area contributed by atoms with Gasteiger partial charge in [-0.2, -0.15) is 4.98 Å². The van der Waals surface area contributed by atoms with E-state index in [1.807, 2.05) is 59.3 Å². The summed E-state index contributed by atoms with van der Waals surface area (Å²) in [5.74, 6) is 2.11. The molecule has 4 rings (SSSR count). The standard InChI is InChI=1S/C21H20N4O3/c1-26-17-11-15(12-18(27-2)19(17)28-3)23-21-22-13-14-9-10-25(20(14)24-21)16-7-5-4-6-8-16/h4-13H,1-3H3,(H,22,23,24). The largest absolute Gasteiger partial charge is 0.493 e. The third-order valence-corrected chi connectivity index (χ3v) is 4.38. The van der Waals surface area contributed by atoms with E-state index < -0.39 is 0 Å². The maximum Gasteiger partial charge on any atom is 0.229 e. The van der Waals surface area contributed by atoms with E-state index in [0.29, 0.717) is 23.2 Å². The lowest BCUT2D eigenvalue weighted by Gasteiger charge is -2.14. The highest BCUT2D eigenvalue weighted by Gasteiger charge is 2.14. The Labute approximate surface area is 162 Å². The minimum atomic E-state index is 0.470. The fraction of sp³-hybridized carbons (Fsp3) is 0.143. The van der Waals surface area contributed by atoms with Crippen LogP contribution in [0.4, 0.5) is 11.6 Å². The molecule has 142 valence electrons. The fourth-order valence-corrected chi connectivity index (χ4v) is 3.06. The van der Waals surface area contributed by atoms with E-state index >= 15 is 0 Å². The van der Waals surface area contributed by atoms with Crippen molar-refractivity contribution in [2.45, 2.75) is 0 Å². The van der Waals surface area contributed by atoms with Gasteiger partial charge < -0.3 is 24.1 Å². The summed E-state index contributed by atoms with van der Waals surface area (Å²) in [6, 6.07) is 15.7. The van der Waals surface area contributed by atoms with Crippen molar-refractivity contribution in [2.75, 3.05) is 26.6 Å². The number of anilines is 2. The summed E-state index contributed by atoms with van der Waals surface area (Å²) >= 11 is 0. The molecule has 0 aliphatic rings. The van der Waals surface area contributed by atoms with Gasteiger partial charge in [-0.3, -0.25) is 0 Å². The maximum atomic E-state index is 5.40. The number of benzene rings is 2. The first kappa shape index (κ1) is 17.7. The summed E-state index contributed by atoms with van der Waals surface area (Å²) in [6.45, 7) is 0. The van der Waals surface area contributed by atoms with Crippen LogP contribution >= 0.6 is 0 Å². The quantitative estimate of drug-likeness (QED) is 0.544. The van der Waals surface area contributed by atoms with Crippen LogP contribution in [0.5, 0.6) is 17.2 Å². The van der Waals surface area contributed by atoms with Crippen molar-refractivity contribution in [3.8, 4) is 22.9 Å². The second kappa shape index (κ2) is 7.48. The Bertz CT molecular complexity index is 1080. The first-order chi connectivity index (χ1) is 13.7. The Kier molecular flexibility index (Phi) is 4.72. The van der Waals surface area contributed by atoms with Crippen LogP contribution in [0.25, 0.3) is 16.7 Å². The molecule has 0 saturated heterocycles. The van der Waals surface area contributed by atoms with Crippen molar-refractivity contribution in [2.24, 2.45) is 0 Å². The van der Waals surface area contributed by atoms with Gasteiger partial charge in [0.15, 0.2) is 11.5 Å². The third kappa shape index (κ3) is 3.18. The number of methoxy groups -OCH3 is 3. The first-order valence-corrected chi connectivity index (χ1v) is 8.70. The van der Waals surface area contributed by atoms with E-state index in [0.717, 1.165) is 22.4 Å². The van der Waals surface area contributed by atoms with Gasteiger partial charge in [0.05, 0.1) is 21.3 Å². The molecule has 2 aromatic carbocycles. The number of aromatic nitrogens is 3. The van der Waals surface area contributed by atoms with E-state index in [-0.39, 0.29) is 0 Å². The molecule has 0 unspecified atom stereocenters. The normalized spacial score (nSPS) is 10.7. The predicted octanol–water partition coefficient (Wildman–Crippen LogP) is 4.19. The molecular formula is C21H20N4O3. The van der Waals surface area contributed by atoms with Gasteiger partial charge >= 0.3 is 0 Å². The molecule has 0 aliphatic heterocycles. The number of ether oxygens (including phenoxy) is 3. The topological polar surface area (TPSA) is 70.4 Å². The smallest absolute Gasteiger partial charge is 0.229 e. The fourth-order valence-electron chi connectivity index (χ4n) is 3.06. The average Bonchev–Trinajstić information content (AvgIpc) is 3.16. The molecular weight excluding hydrogens is 356 g/mol. The monoisotopic (exact) mass is 376 g/mol. The summed E-state index contributed by atoms with van der Waals surface area (Å²) in [5, 5.41) is 4.17. The molecule has 0 bridgehead atoms. The Morgan fingerprint density at radius 1 is 0.893 bits per heavy atom. The number of para-hydroxylation sites is 1. The van der Waals surface area contributed by atoms with E-state index in [9.17, 15) is 0 Å². The van der Waals surface area contributed by atoms with Crippen molar-refractivity contribution >= 4 is 22.7 Å². The molecule has 2 aromatic heterocycles. The van der Waals surface area contributed by atoms with Gasteiger partial charge in [0.1, 0.15) is 5.65 Å². The van der Waals surface area contributed by atoms with Crippen LogP contribution in [0.1, 0.15) is 0 Å². The first-order valence-electron chi connectivity index (χ1n) is 8.70. The van der Waals surface area contributed by atoms with Gasteiger partial charge in [-0.15, -0.1) is 0 Å². The van der Waals surface area contributed by atoms with Crippen LogP contribution in [-0.4, -0.2) is 35.9 Å². The second-order valence-corrected chi connectivity index (χ2v) is 6.03. The highest BCUT2D eigenvalue weighted by molar-refractivity contribution is 5.79. The van der Waals surface area contributed by atoms with Crippen molar-refractivity contribution in [3.63, 3.8) is 0 Å². The second-order valence-electron chi connectivity index (χ2n) is 6.03.